The van der Waals surface area contributed by atoms with E-state index < -0.39 is 0 Å². The lowest BCUT2D eigenvalue weighted by Gasteiger charge is -2.30. The van der Waals surface area contributed by atoms with E-state index in [-0.39, 0.29) is 30.2 Å². The van der Waals surface area contributed by atoms with Gasteiger partial charge >= 0.3 is 0 Å². The highest BCUT2D eigenvalue weighted by Gasteiger charge is 2.25. The highest BCUT2D eigenvalue weighted by Crippen LogP contribution is 2.22. The zero-order chi connectivity index (χ0) is 15.5. The predicted molar refractivity (Wildman–Crippen MR) is 88.3 cm³/mol. The van der Waals surface area contributed by atoms with Crippen LogP contribution < -0.4 is 5.32 Å². The Balaban J connectivity index is 0.00000192. The highest BCUT2D eigenvalue weighted by molar-refractivity contribution is 5.85. The maximum atomic E-state index is 13.3. The Kier molecular flexibility index (Phi) is 6.10. The van der Waals surface area contributed by atoms with Crippen molar-refractivity contribution in [1.82, 2.24) is 20.4 Å². The second-order valence-corrected chi connectivity index (χ2v) is 5.91. The minimum atomic E-state index is -0.217. The number of piperazine rings is 1. The monoisotopic (exact) mass is 340 g/mol. The van der Waals surface area contributed by atoms with E-state index in [4.69, 9.17) is 4.52 Å². The van der Waals surface area contributed by atoms with Crippen molar-refractivity contribution >= 4 is 12.4 Å². The van der Waals surface area contributed by atoms with Crippen molar-refractivity contribution in [2.45, 2.75) is 25.3 Å². The summed E-state index contributed by atoms with van der Waals surface area (Å²) in [6.07, 6.45) is 0.611. The first-order valence-corrected chi connectivity index (χ1v) is 7.62. The number of hydrogen-bond donors (Lipinski definition) is 1. The molecule has 1 aliphatic rings. The van der Waals surface area contributed by atoms with Crippen LogP contribution in [0, 0.1) is 5.82 Å². The Bertz CT molecular complexity index is 636. The molecule has 1 fully saturated rings. The van der Waals surface area contributed by atoms with E-state index in [1.807, 2.05) is 13.0 Å². The number of hydrogen-bond acceptors (Lipinski definition) is 5. The van der Waals surface area contributed by atoms with Crippen molar-refractivity contribution in [3.8, 4) is 0 Å². The number of aromatic nitrogens is 2. The van der Waals surface area contributed by atoms with Gasteiger partial charge in [-0.05, 0) is 30.7 Å². The average Bonchev–Trinajstić information content (AvgIpc) is 2.96. The summed E-state index contributed by atoms with van der Waals surface area (Å²) in [5.74, 6) is 1.23. The zero-order valence-corrected chi connectivity index (χ0v) is 14.1. The van der Waals surface area contributed by atoms with E-state index in [0.717, 1.165) is 31.0 Å². The lowest BCUT2D eigenvalue weighted by molar-refractivity contribution is 0.190. The number of nitrogens with zero attached hydrogens (tertiary/aromatic N) is 3. The third-order valence-electron chi connectivity index (χ3n) is 4.19. The van der Waals surface area contributed by atoms with Crippen LogP contribution in [0.2, 0.25) is 0 Å². The van der Waals surface area contributed by atoms with E-state index in [1.54, 1.807) is 12.1 Å². The molecule has 0 spiro atoms. The SMILES string of the molecule is CC(Cc1nc(C2CNCCN2C)no1)c1cccc(F)c1.Cl. The Hall–Kier alpha value is -1.50. The summed E-state index contributed by atoms with van der Waals surface area (Å²) in [5, 5.41) is 7.45. The summed E-state index contributed by atoms with van der Waals surface area (Å²) < 4.78 is 18.7. The van der Waals surface area contributed by atoms with Gasteiger partial charge in [-0.15, -0.1) is 12.4 Å². The van der Waals surface area contributed by atoms with Crippen molar-refractivity contribution < 1.29 is 8.91 Å². The molecular weight excluding hydrogens is 319 g/mol. The lowest BCUT2D eigenvalue weighted by Crippen LogP contribution is -2.44. The smallest absolute Gasteiger partial charge is 0.227 e. The van der Waals surface area contributed by atoms with Crippen LogP contribution in [0.15, 0.2) is 28.8 Å². The standard InChI is InChI=1S/C16H21FN4O.ClH/c1-11(12-4-3-5-13(17)9-12)8-15-19-16(20-22-15)14-10-18-6-7-21(14)2;/h3-5,9,11,14,18H,6-8,10H2,1-2H3;1H. The Morgan fingerprint density at radius 3 is 3.04 bits per heavy atom. The van der Waals surface area contributed by atoms with Crippen molar-refractivity contribution in [2.75, 3.05) is 26.7 Å². The van der Waals surface area contributed by atoms with Crippen LogP contribution in [0.4, 0.5) is 4.39 Å². The number of rotatable bonds is 4. The first kappa shape index (κ1) is 17.8. The largest absolute Gasteiger partial charge is 0.339 e. The van der Waals surface area contributed by atoms with Gasteiger partial charge in [0.15, 0.2) is 5.82 Å². The molecule has 126 valence electrons. The van der Waals surface area contributed by atoms with Gasteiger partial charge in [0.25, 0.3) is 0 Å². The molecule has 1 aromatic heterocycles. The van der Waals surface area contributed by atoms with Crippen LogP contribution in [-0.2, 0) is 6.42 Å². The molecule has 0 radical (unpaired) electrons. The van der Waals surface area contributed by atoms with Crippen LogP contribution in [0.5, 0.6) is 0 Å². The first-order chi connectivity index (χ1) is 10.6. The fraction of sp³-hybridized carbons (Fsp3) is 0.500. The maximum absolute atomic E-state index is 13.3. The molecular formula is C16H22ClFN4O. The number of halogens is 2. The van der Waals surface area contributed by atoms with Gasteiger partial charge in [0.2, 0.25) is 5.89 Å². The van der Waals surface area contributed by atoms with Crippen LogP contribution in [0.25, 0.3) is 0 Å². The van der Waals surface area contributed by atoms with E-state index >= 15 is 0 Å². The number of benzene rings is 1. The maximum Gasteiger partial charge on any atom is 0.227 e. The molecule has 0 saturated carbocycles. The van der Waals surface area contributed by atoms with Crippen molar-refractivity contribution in [1.29, 1.82) is 0 Å². The molecule has 5 nitrogen and oxygen atoms in total. The van der Waals surface area contributed by atoms with E-state index in [0.29, 0.717) is 12.3 Å². The normalized spacial score (nSPS) is 20.0. The lowest BCUT2D eigenvalue weighted by atomic mass is 9.98. The summed E-state index contributed by atoms with van der Waals surface area (Å²) in [5.41, 5.74) is 0.941. The van der Waals surface area contributed by atoms with E-state index in [1.165, 1.54) is 6.07 Å². The molecule has 2 unspecified atom stereocenters. The highest BCUT2D eigenvalue weighted by atomic mass is 35.5. The quantitative estimate of drug-likeness (QED) is 0.927. The molecule has 7 heteroatoms. The second kappa shape index (κ2) is 7.86. The molecule has 3 rings (SSSR count). The van der Waals surface area contributed by atoms with Crippen LogP contribution in [0.1, 0.15) is 36.2 Å². The van der Waals surface area contributed by atoms with Crippen LogP contribution in [-0.4, -0.2) is 41.7 Å². The molecule has 2 atom stereocenters. The van der Waals surface area contributed by atoms with Gasteiger partial charge in [-0.3, -0.25) is 4.90 Å². The summed E-state index contributed by atoms with van der Waals surface area (Å²) >= 11 is 0. The van der Waals surface area contributed by atoms with Gasteiger partial charge in [0.1, 0.15) is 5.82 Å². The fourth-order valence-corrected chi connectivity index (χ4v) is 2.77. The molecule has 0 aliphatic carbocycles. The minimum Gasteiger partial charge on any atom is -0.339 e. The third-order valence-corrected chi connectivity index (χ3v) is 4.19. The van der Waals surface area contributed by atoms with E-state index in [9.17, 15) is 4.39 Å². The summed E-state index contributed by atoms with van der Waals surface area (Å²) in [4.78, 5) is 6.74. The first-order valence-electron chi connectivity index (χ1n) is 7.62. The second-order valence-electron chi connectivity index (χ2n) is 5.91. The summed E-state index contributed by atoms with van der Waals surface area (Å²) in [6.45, 7) is 4.81. The number of nitrogens with one attached hydrogen (secondary N) is 1. The predicted octanol–water partition coefficient (Wildman–Crippen LogP) is 2.55. The molecule has 2 aromatic rings. The average molecular weight is 341 g/mol. The summed E-state index contributed by atoms with van der Waals surface area (Å²) in [6, 6.07) is 6.80. The molecule has 1 saturated heterocycles. The molecule has 1 N–H and O–H groups in total. The Morgan fingerprint density at radius 2 is 2.30 bits per heavy atom. The van der Waals surface area contributed by atoms with Gasteiger partial charge < -0.3 is 9.84 Å². The van der Waals surface area contributed by atoms with Gasteiger partial charge in [0, 0.05) is 26.1 Å². The van der Waals surface area contributed by atoms with Gasteiger partial charge in [-0.1, -0.05) is 24.2 Å². The van der Waals surface area contributed by atoms with Gasteiger partial charge in [0.05, 0.1) is 6.04 Å². The molecule has 23 heavy (non-hydrogen) atoms. The van der Waals surface area contributed by atoms with Crippen LogP contribution >= 0.6 is 12.4 Å². The molecule has 1 aromatic carbocycles. The summed E-state index contributed by atoms with van der Waals surface area (Å²) in [7, 11) is 2.07. The molecule has 2 heterocycles. The zero-order valence-electron chi connectivity index (χ0n) is 13.3. The molecule has 1 aliphatic heterocycles. The topological polar surface area (TPSA) is 54.2 Å². The molecule has 0 amide bonds. The van der Waals surface area contributed by atoms with Crippen molar-refractivity contribution in [3.63, 3.8) is 0 Å². The molecule has 0 bridgehead atoms. The van der Waals surface area contributed by atoms with Crippen molar-refractivity contribution in [2.24, 2.45) is 0 Å². The minimum absolute atomic E-state index is 0. The van der Waals surface area contributed by atoms with Gasteiger partial charge in [-0.25, -0.2) is 4.39 Å². The van der Waals surface area contributed by atoms with Crippen LogP contribution in [0.3, 0.4) is 0 Å². The fourth-order valence-electron chi connectivity index (χ4n) is 2.77. The Morgan fingerprint density at radius 1 is 1.48 bits per heavy atom. The van der Waals surface area contributed by atoms with E-state index in [2.05, 4.69) is 27.4 Å². The Labute approximate surface area is 141 Å². The number of likely N-dealkylation sites (N-methyl/N-ethyl adjacent to an activating group) is 1. The van der Waals surface area contributed by atoms with Crippen molar-refractivity contribution in [3.05, 3.63) is 47.4 Å². The van der Waals surface area contributed by atoms with Gasteiger partial charge in [-0.2, -0.15) is 4.98 Å². The third kappa shape index (κ3) is 4.28.